The van der Waals surface area contributed by atoms with Gasteiger partial charge in [-0.05, 0) is 56.8 Å². The summed E-state index contributed by atoms with van der Waals surface area (Å²) in [5, 5.41) is 6.54. The lowest BCUT2D eigenvalue weighted by molar-refractivity contribution is 0.0951. The summed E-state index contributed by atoms with van der Waals surface area (Å²) in [6.07, 6.45) is 4.85. The number of carbonyl (C=O) groups is 1. The van der Waals surface area contributed by atoms with E-state index in [1.807, 2.05) is 32.0 Å². The van der Waals surface area contributed by atoms with Crippen molar-refractivity contribution in [2.24, 2.45) is 0 Å². The van der Waals surface area contributed by atoms with Crippen molar-refractivity contribution in [3.8, 4) is 0 Å². The van der Waals surface area contributed by atoms with Crippen LogP contribution in [-0.4, -0.2) is 25.0 Å². The Balaban J connectivity index is 1.82. The summed E-state index contributed by atoms with van der Waals surface area (Å²) in [6, 6.07) is 6.46. The van der Waals surface area contributed by atoms with E-state index in [1.165, 1.54) is 24.8 Å². The second-order valence-corrected chi connectivity index (χ2v) is 5.44. The molecule has 0 radical (unpaired) electrons. The van der Waals surface area contributed by atoms with Crippen LogP contribution in [0.4, 0.5) is 0 Å². The zero-order chi connectivity index (χ0) is 13.7. The van der Waals surface area contributed by atoms with Crippen molar-refractivity contribution < 1.29 is 4.79 Å². The van der Waals surface area contributed by atoms with Gasteiger partial charge in [-0.15, -0.1) is 0 Å². The number of nitrogens with one attached hydrogen (secondary N) is 2. The van der Waals surface area contributed by atoms with Gasteiger partial charge in [0, 0.05) is 18.2 Å². The molecule has 0 spiro atoms. The van der Waals surface area contributed by atoms with Gasteiger partial charge in [-0.25, -0.2) is 0 Å². The molecule has 1 unspecified atom stereocenters. The molecule has 0 saturated carbocycles. The molecule has 19 heavy (non-hydrogen) atoms. The zero-order valence-corrected chi connectivity index (χ0v) is 12.0. The van der Waals surface area contributed by atoms with Crippen LogP contribution in [0.3, 0.4) is 0 Å². The summed E-state index contributed by atoms with van der Waals surface area (Å²) in [6.45, 7) is 5.92. The van der Waals surface area contributed by atoms with Gasteiger partial charge in [0.25, 0.3) is 5.91 Å². The van der Waals surface area contributed by atoms with Gasteiger partial charge in [-0.1, -0.05) is 18.6 Å². The number of benzene rings is 1. The van der Waals surface area contributed by atoms with E-state index in [0.717, 1.165) is 30.6 Å². The van der Waals surface area contributed by atoms with E-state index in [1.54, 1.807) is 0 Å². The highest BCUT2D eigenvalue weighted by Crippen LogP contribution is 2.13. The molecule has 104 valence electrons. The smallest absolute Gasteiger partial charge is 0.251 e. The maximum absolute atomic E-state index is 12.1. The van der Waals surface area contributed by atoms with E-state index < -0.39 is 0 Å². The average Bonchev–Trinajstić information content (AvgIpc) is 2.43. The third-order valence-electron chi connectivity index (χ3n) is 4.04. The van der Waals surface area contributed by atoms with Gasteiger partial charge >= 0.3 is 0 Å². The van der Waals surface area contributed by atoms with E-state index in [2.05, 4.69) is 10.6 Å². The summed E-state index contributed by atoms with van der Waals surface area (Å²) in [5.41, 5.74) is 3.05. The summed E-state index contributed by atoms with van der Waals surface area (Å²) in [4.78, 5) is 12.1. The minimum absolute atomic E-state index is 0.0528. The Kier molecular flexibility index (Phi) is 4.97. The Hall–Kier alpha value is -1.35. The van der Waals surface area contributed by atoms with Crippen LogP contribution in [0.5, 0.6) is 0 Å². The first kappa shape index (κ1) is 14.1. The monoisotopic (exact) mass is 260 g/mol. The van der Waals surface area contributed by atoms with Gasteiger partial charge in [0.15, 0.2) is 0 Å². The number of hydrogen-bond donors (Lipinski definition) is 2. The van der Waals surface area contributed by atoms with Gasteiger partial charge in [0.05, 0.1) is 0 Å². The minimum Gasteiger partial charge on any atom is -0.352 e. The Morgan fingerprint density at radius 3 is 2.95 bits per heavy atom. The summed E-state index contributed by atoms with van der Waals surface area (Å²) in [7, 11) is 0. The summed E-state index contributed by atoms with van der Waals surface area (Å²) < 4.78 is 0. The lowest BCUT2D eigenvalue weighted by Crippen LogP contribution is -2.37. The highest BCUT2D eigenvalue weighted by Gasteiger charge is 2.13. The fourth-order valence-corrected chi connectivity index (χ4v) is 2.62. The summed E-state index contributed by atoms with van der Waals surface area (Å²) >= 11 is 0. The minimum atomic E-state index is 0.0528. The zero-order valence-electron chi connectivity index (χ0n) is 12.0. The first-order chi connectivity index (χ1) is 9.18. The Bertz CT molecular complexity index is 436. The average molecular weight is 260 g/mol. The SMILES string of the molecule is Cc1cccc(C(=O)NCCC2CCCCN2)c1C. The molecular weight excluding hydrogens is 236 g/mol. The van der Waals surface area contributed by atoms with Gasteiger partial charge < -0.3 is 10.6 Å². The quantitative estimate of drug-likeness (QED) is 0.873. The van der Waals surface area contributed by atoms with E-state index in [0.29, 0.717) is 6.04 Å². The van der Waals surface area contributed by atoms with E-state index in [9.17, 15) is 4.79 Å². The fourth-order valence-electron chi connectivity index (χ4n) is 2.62. The number of carbonyl (C=O) groups excluding carboxylic acids is 1. The van der Waals surface area contributed by atoms with Crippen molar-refractivity contribution in [3.63, 3.8) is 0 Å². The highest BCUT2D eigenvalue weighted by molar-refractivity contribution is 5.95. The van der Waals surface area contributed by atoms with Gasteiger partial charge in [-0.2, -0.15) is 0 Å². The number of amides is 1. The number of aryl methyl sites for hydroxylation is 1. The number of rotatable bonds is 4. The Labute approximate surface area is 115 Å². The molecule has 0 bridgehead atoms. The number of hydrogen-bond acceptors (Lipinski definition) is 2. The lowest BCUT2D eigenvalue weighted by atomic mass is 10.0. The van der Waals surface area contributed by atoms with Crippen LogP contribution >= 0.6 is 0 Å². The molecule has 2 rings (SSSR count). The van der Waals surface area contributed by atoms with E-state index >= 15 is 0 Å². The normalized spacial score (nSPS) is 19.2. The molecule has 0 aliphatic carbocycles. The largest absolute Gasteiger partial charge is 0.352 e. The topological polar surface area (TPSA) is 41.1 Å². The summed E-state index contributed by atoms with van der Waals surface area (Å²) in [5.74, 6) is 0.0528. The van der Waals surface area contributed by atoms with Crippen LogP contribution in [0, 0.1) is 13.8 Å². The molecule has 3 nitrogen and oxygen atoms in total. The van der Waals surface area contributed by atoms with Crippen LogP contribution in [0.25, 0.3) is 0 Å². The lowest BCUT2D eigenvalue weighted by Gasteiger charge is -2.23. The second kappa shape index (κ2) is 6.71. The molecule has 1 aromatic carbocycles. The Morgan fingerprint density at radius 1 is 1.37 bits per heavy atom. The van der Waals surface area contributed by atoms with E-state index in [4.69, 9.17) is 0 Å². The fraction of sp³-hybridized carbons (Fsp3) is 0.562. The molecule has 2 N–H and O–H groups in total. The predicted molar refractivity (Wildman–Crippen MR) is 78.5 cm³/mol. The standard InChI is InChI=1S/C16H24N2O/c1-12-6-5-8-15(13(12)2)16(19)18-11-9-14-7-3-4-10-17-14/h5-6,8,14,17H,3-4,7,9-11H2,1-2H3,(H,18,19). The highest BCUT2D eigenvalue weighted by atomic mass is 16.1. The molecule has 1 aliphatic heterocycles. The van der Waals surface area contributed by atoms with Crippen molar-refractivity contribution >= 4 is 5.91 Å². The van der Waals surface area contributed by atoms with Crippen molar-refractivity contribution in [2.75, 3.05) is 13.1 Å². The second-order valence-electron chi connectivity index (χ2n) is 5.44. The molecule has 1 aliphatic rings. The maximum Gasteiger partial charge on any atom is 0.251 e. The molecule has 1 heterocycles. The van der Waals surface area contributed by atoms with Crippen LogP contribution in [0.1, 0.15) is 47.2 Å². The van der Waals surface area contributed by atoms with Crippen molar-refractivity contribution in [3.05, 3.63) is 34.9 Å². The van der Waals surface area contributed by atoms with Gasteiger partial charge in [0.2, 0.25) is 0 Å². The third-order valence-corrected chi connectivity index (χ3v) is 4.04. The molecule has 1 atom stereocenters. The van der Waals surface area contributed by atoms with Gasteiger partial charge in [0.1, 0.15) is 0 Å². The molecule has 0 aromatic heterocycles. The van der Waals surface area contributed by atoms with Crippen LogP contribution in [-0.2, 0) is 0 Å². The first-order valence-electron chi connectivity index (χ1n) is 7.26. The van der Waals surface area contributed by atoms with Crippen LogP contribution < -0.4 is 10.6 Å². The molecule has 3 heteroatoms. The molecule has 1 saturated heterocycles. The number of piperidine rings is 1. The third kappa shape index (κ3) is 3.80. The maximum atomic E-state index is 12.1. The van der Waals surface area contributed by atoms with E-state index in [-0.39, 0.29) is 5.91 Å². The predicted octanol–water partition coefficient (Wildman–Crippen LogP) is 2.57. The van der Waals surface area contributed by atoms with Crippen LogP contribution in [0.2, 0.25) is 0 Å². The first-order valence-corrected chi connectivity index (χ1v) is 7.26. The van der Waals surface area contributed by atoms with Crippen molar-refractivity contribution in [1.82, 2.24) is 10.6 Å². The molecule has 1 fully saturated rings. The van der Waals surface area contributed by atoms with Crippen molar-refractivity contribution in [2.45, 2.75) is 45.6 Å². The Morgan fingerprint density at radius 2 is 2.21 bits per heavy atom. The molecule has 1 aromatic rings. The van der Waals surface area contributed by atoms with Gasteiger partial charge in [-0.3, -0.25) is 4.79 Å². The molecule has 1 amide bonds. The van der Waals surface area contributed by atoms with Crippen molar-refractivity contribution in [1.29, 1.82) is 0 Å². The molecular formula is C16H24N2O. The van der Waals surface area contributed by atoms with Crippen LogP contribution in [0.15, 0.2) is 18.2 Å².